The van der Waals surface area contributed by atoms with Crippen molar-refractivity contribution in [3.05, 3.63) is 237 Å². The summed E-state index contributed by atoms with van der Waals surface area (Å²) in [6.45, 7) is 79.1. The van der Waals surface area contributed by atoms with Gasteiger partial charge in [0.25, 0.3) is 5.56 Å². The van der Waals surface area contributed by atoms with Gasteiger partial charge in [-0.25, -0.2) is 39.9 Å². The molecule has 0 radical (unpaired) electrons. The van der Waals surface area contributed by atoms with Crippen LogP contribution < -0.4 is 16.4 Å². The average Bonchev–Trinajstić information content (AvgIpc) is 0.848. The summed E-state index contributed by atoms with van der Waals surface area (Å²) in [5, 5.41) is 18.2. The van der Waals surface area contributed by atoms with Crippen molar-refractivity contribution in [3.8, 4) is 0 Å². The summed E-state index contributed by atoms with van der Waals surface area (Å²) in [7, 11) is 5.34. The second kappa shape index (κ2) is 63.4. The smallest absolute Gasteiger partial charge is 0.250 e. The minimum Gasteiger partial charge on any atom is -0.357 e. The summed E-state index contributed by atoms with van der Waals surface area (Å²) in [5.74, 6) is 3.20. The van der Waals surface area contributed by atoms with Gasteiger partial charge >= 0.3 is 0 Å². The Morgan fingerprint density at radius 2 is 0.813 bits per heavy atom. The lowest BCUT2D eigenvalue weighted by Gasteiger charge is -2.19. The van der Waals surface area contributed by atoms with Crippen molar-refractivity contribution in [2.24, 2.45) is 14.1 Å². The first-order valence-corrected chi connectivity index (χ1v) is 38.7. The van der Waals surface area contributed by atoms with Gasteiger partial charge in [-0.05, 0) is 110 Å². The lowest BCUT2D eigenvalue weighted by Crippen LogP contribution is -2.20. The van der Waals surface area contributed by atoms with E-state index in [1.54, 1.807) is 91.4 Å². The molecule has 0 saturated carbocycles. The quantitative estimate of drug-likeness (QED) is 0.173. The molecule has 0 spiro atoms. The van der Waals surface area contributed by atoms with Crippen molar-refractivity contribution in [1.82, 2.24) is 74.4 Å². The Bertz CT molecular complexity index is 3270. The van der Waals surface area contributed by atoms with Crippen molar-refractivity contribution < 1.29 is 0 Å². The van der Waals surface area contributed by atoms with Crippen LogP contribution in [-0.2, 0) is 46.6 Å². The van der Waals surface area contributed by atoms with Crippen LogP contribution in [0, 0.1) is 0 Å². The lowest BCUT2D eigenvalue weighted by molar-refractivity contribution is 0.545. The molecule has 0 aliphatic rings. The summed E-state index contributed by atoms with van der Waals surface area (Å²) in [6.07, 6.45) is 28.5. The maximum Gasteiger partial charge on any atom is 0.250 e. The predicted octanol–water partition coefficient (Wildman–Crippen LogP) is 23.1. The first kappa shape index (κ1) is 112. The molecular formula is C89H154N16O2. The molecule has 9 aromatic rings. The highest BCUT2D eigenvalue weighted by molar-refractivity contribution is 5.25. The second-order valence-electron chi connectivity index (χ2n) is 29.2. The first-order valence-electron chi connectivity index (χ1n) is 38.7. The third-order valence-electron chi connectivity index (χ3n) is 13.5. The minimum absolute atomic E-state index is 0.0444. The molecule has 18 heteroatoms. The zero-order chi connectivity index (χ0) is 84.8. The molecule has 0 fully saturated rings. The van der Waals surface area contributed by atoms with E-state index in [0.717, 1.165) is 22.8 Å². The maximum absolute atomic E-state index is 11.2. The highest BCUT2D eigenvalue weighted by Gasteiger charge is 2.18. The molecule has 0 saturated heterocycles. The summed E-state index contributed by atoms with van der Waals surface area (Å²) < 4.78 is 3.19. The van der Waals surface area contributed by atoms with Crippen molar-refractivity contribution >= 4 is 5.95 Å². The van der Waals surface area contributed by atoms with Gasteiger partial charge in [0.15, 0.2) is 0 Å². The fourth-order valence-corrected chi connectivity index (χ4v) is 7.00. The lowest BCUT2D eigenvalue weighted by atomic mass is 9.88. The fraction of sp³-hybridized carbons (Fsp3) is 0.562. The van der Waals surface area contributed by atoms with Crippen LogP contribution in [-0.4, -0.2) is 81.4 Å². The summed E-state index contributed by atoms with van der Waals surface area (Å²) in [4.78, 5) is 58.6. The zero-order valence-electron chi connectivity index (χ0n) is 75.3. The Labute approximate surface area is 654 Å². The van der Waals surface area contributed by atoms with E-state index in [2.05, 4.69) is 243 Å². The fourth-order valence-electron chi connectivity index (χ4n) is 7.00. The van der Waals surface area contributed by atoms with Crippen molar-refractivity contribution in [2.45, 2.75) is 313 Å². The zero-order valence-corrected chi connectivity index (χ0v) is 75.3. The third-order valence-corrected chi connectivity index (χ3v) is 13.5. The maximum atomic E-state index is 11.2. The number of pyridine rings is 3. The van der Waals surface area contributed by atoms with Crippen LogP contribution in [0.1, 0.15) is 331 Å². The van der Waals surface area contributed by atoms with E-state index in [0.29, 0.717) is 23.7 Å². The van der Waals surface area contributed by atoms with Crippen LogP contribution in [0.15, 0.2) is 176 Å². The predicted molar refractivity (Wildman–Crippen MR) is 463 cm³/mol. The molecule has 18 nitrogen and oxygen atoms in total. The van der Waals surface area contributed by atoms with Crippen LogP contribution in [0.2, 0.25) is 0 Å². The van der Waals surface area contributed by atoms with E-state index in [1.807, 2.05) is 196 Å². The van der Waals surface area contributed by atoms with E-state index in [9.17, 15) is 9.59 Å². The highest BCUT2D eigenvalue weighted by Crippen LogP contribution is 2.23. The Morgan fingerprint density at radius 1 is 0.346 bits per heavy atom. The van der Waals surface area contributed by atoms with Gasteiger partial charge in [-0.15, -0.1) is 0 Å². The monoisotopic (exact) mass is 1480 g/mol. The Morgan fingerprint density at radius 3 is 1.11 bits per heavy atom. The first-order chi connectivity index (χ1) is 50.1. The van der Waals surface area contributed by atoms with Crippen LogP contribution in [0.4, 0.5) is 5.95 Å². The van der Waals surface area contributed by atoms with Gasteiger partial charge in [0.2, 0.25) is 11.5 Å². The molecule has 0 amide bonds. The van der Waals surface area contributed by atoms with Crippen molar-refractivity contribution in [2.75, 3.05) is 12.4 Å². The van der Waals surface area contributed by atoms with Crippen molar-refractivity contribution in [1.29, 1.82) is 0 Å². The van der Waals surface area contributed by atoms with E-state index >= 15 is 0 Å². The van der Waals surface area contributed by atoms with Crippen molar-refractivity contribution in [3.63, 3.8) is 0 Å². The number of nitrogens with one attached hydrogen (secondary N) is 1. The molecule has 107 heavy (non-hydrogen) atoms. The largest absolute Gasteiger partial charge is 0.357 e. The van der Waals surface area contributed by atoms with Gasteiger partial charge in [-0.2, -0.15) is 20.4 Å². The highest BCUT2D eigenvalue weighted by atomic mass is 16.1. The number of aryl methyl sites for hydroxylation is 2. The molecule has 9 rings (SSSR count). The van der Waals surface area contributed by atoms with Gasteiger partial charge < -0.3 is 14.5 Å². The Hall–Kier alpha value is -8.67. The molecule has 9 aromatic heterocycles. The molecule has 1 N–H and O–H groups in total. The van der Waals surface area contributed by atoms with Crippen LogP contribution >= 0.6 is 0 Å². The number of nitrogens with zero attached hydrogens (tertiary/aromatic N) is 15. The Balaban J connectivity index is -0.000000206. The number of rotatable bonds is 4. The van der Waals surface area contributed by atoms with Gasteiger partial charge in [-0.3, -0.25) is 14.6 Å². The Kier molecular flexibility index (Phi) is 66.2. The van der Waals surface area contributed by atoms with Gasteiger partial charge in [0.1, 0.15) is 18.5 Å². The number of aromatic nitrogens is 15. The van der Waals surface area contributed by atoms with Gasteiger partial charge in [0.05, 0.1) is 11.9 Å². The topological polar surface area (TPSA) is 224 Å². The standard InChI is InChI=1S/2C10H15NO.C8H13N3.4C8H12N2.C8H11N.C7H10N2.7C2H6/c1-10(2,3)8-5-6-11(4)9(12)7-8;1-10(2,3)8-5-6-9(12)11(4)7-8;1-6(2)7-4-10-8(9-3)11-5-7;1-8(2,3)7-4-5-9-6-10-7;1-8(2,3)7-4-5-9-10-6-7;1-8(2,3)7-9-5-4-6-10-7;1-8(2,3)7-5-4-6-9-10-7;1-7(2)8-4-3-5-9-6-8;1-6(2)7-3-8-5-9-4-7;7*1-2/h2*5-7H,1-4H3;4-6H,1-3H3,(H,9,10,11);4*4-6H,1-3H3;3-7H,1-2H3;3-6H,1-2H3;7*1-2H3. The molecular weight excluding hydrogens is 1330 g/mol. The number of hydrogen-bond acceptors (Lipinski definition) is 16. The average molecular weight is 1480 g/mol. The molecule has 0 aliphatic heterocycles. The molecule has 0 atom stereocenters. The van der Waals surface area contributed by atoms with E-state index in [-0.39, 0.29) is 43.6 Å². The number of hydrogen-bond donors (Lipinski definition) is 1. The summed E-state index contributed by atoms with van der Waals surface area (Å²) in [5.41, 5.74) is 10.1. The van der Waals surface area contributed by atoms with E-state index in [1.165, 1.54) is 27.8 Å². The van der Waals surface area contributed by atoms with Gasteiger partial charge in [0, 0.05) is 136 Å². The normalized spacial score (nSPS) is 10.1. The van der Waals surface area contributed by atoms with Gasteiger partial charge in [-0.1, -0.05) is 275 Å². The molecule has 0 aromatic carbocycles. The molecule has 9 heterocycles. The van der Waals surface area contributed by atoms with E-state index in [4.69, 9.17) is 0 Å². The SMILES string of the molecule is CC.CC.CC.CC.CC.CC.CC.CC(C)(C)c1cccnn1.CC(C)(C)c1ccncn1.CC(C)(C)c1ccnnc1.CC(C)(C)c1ncccn1.CC(C)c1cccnc1.CC(C)c1cncnc1.CNc1ncc(C(C)C)cn1.Cn1cc(C(C)(C)C)ccc1=O.Cn1ccc(C(C)(C)C)cc1=O. The molecule has 0 unspecified atom stereocenters. The van der Waals surface area contributed by atoms with E-state index < -0.39 is 0 Å². The molecule has 0 bridgehead atoms. The van der Waals surface area contributed by atoms with Crippen LogP contribution in [0.25, 0.3) is 0 Å². The third kappa shape index (κ3) is 56.3. The number of anilines is 1. The second-order valence-corrected chi connectivity index (χ2v) is 29.2. The van der Waals surface area contributed by atoms with Crippen LogP contribution in [0.3, 0.4) is 0 Å². The molecule has 602 valence electrons. The minimum atomic E-state index is 0.0444. The molecule has 0 aliphatic carbocycles. The summed E-state index contributed by atoms with van der Waals surface area (Å²) in [6, 6.07) is 20.9. The summed E-state index contributed by atoms with van der Waals surface area (Å²) >= 11 is 0. The van der Waals surface area contributed by atoms with Crippen LogP contribution in [0.5, 0.6) is 0 Å².